The molecule has 7 nitrogen and oxygen atoms in total. The molecule has 9 heteroatoms. The summed E-state index contributed by atoms with van der Waals surface area (Å²) in [5.41, 5.74) is 0. The second-order valence-electron chi connectivity index (χ2n) is 3.71. The summed E-state index contributed by atoms with van der Waals surface area (Å²) in [6.45, 7) is 4.88. The third-order valence-corrected chi connectivity index (χ3v) is 4.07. The fraction of sp³-hybridized carbons (Fsp3) is 0.636. The molecule has 0 spiro atoms. The number of anilines is 1. The van der Waals surface area contributed by atoms with Crippen LogP contribution in [-0.2, 0) is 9.53 Å². The zero-order valence-electron chi connectivity index (χ0n) is 11.5. The van der Waals surface area contributed by atoms with Crippen molar-refractivity contribution in [1.29, 1.82) is 0 Å². The molecular formula is C11H18N4O3S2. The lowest BCUT2D eigenvalue weighted by Gasteiger charge is -2.02. The standard InChI is InChI=1S/C11H18N4O3S2/c1-3-5-6-12-9-14-15-11(20-9)19-7-8(16)13-10(17)18-4-2/h3-7H2,1-2H3,(H,12,14)(H,13,16,17). The molecule has 112 valence electrons. The smallest absolute Gasteiger partial charge is 0.413 e. The van der Waals surface area contributed by atoms with Gasteiger partial charge in [0.15, 0.2) is 4.34 Å². The van der Waals surface area contributed by atoms with E-state index in [9.17, 15) is 9.59 Å². The number of ether oxygens (including phenoxy) is 1. The molecule has 0 aliphatic carbocycles. The predicted molar refractivity (Wildman–Crippen MR) is 79.2 cm³/mol. The van der Waals surface area contributed by atoms with Gasteiger partial charge >= 0.3 is 6.09 Å². The SMILES string of the molecule is CCCCNc1nnc(SCC(=O)NC(=O)OCC)s1. The zero-order valence-corrected chi connectivity index (χ0v) is 13.1. The van der Waals surface area contributed by atoms with Crippen LogP contribution in [0.5, 0.6) is 0 Å². The zero-order chi connectivity index (χ0) is 14.8. The number of thioether (sulfide) groups is 1. The number of hydrogen-bond donors (Lipinski definition) is 2. The van der Waals surface area contributed by atoms with Gasteiger partial charge in [-0.3, -0.25) is 10.1 Å². The van der Waals surface area contributed by atoms with Crippen LogP contribution in [0.3, 0.4) is 0 Å². The molecule has 0 aliphatic heterocycles. The Morgan fingerprint density at radius 3 is 2.85 bits per heavy atom. The average Bonchev–Trinajstić information content (AvgIpc) is 2.85. The summed E-state index contributed by atoms with van der Waals surface area (Å²) >= 11 is 2.62. The molecule has 1 heterocycles. The summed E-state index contributed by atoms with van der Waals surface area (Å²) in [4.78, 5) is 22.4. The number of aromatic nitrogens is 2. The van der Waals surface area contributed by atoms with E-state index < -0.39 is 12.0 Å². The molecule has 0 radical (unpaired) electrons. The molecule has 0 bridgehead atoms. The van der Waals surface area contributed by atoms with E-state index in [1.807, 2.05) is 0 Å². The Morgan fingerprint density at radius 2 is 2.15 bits per heavy atom. The van der Waals surface area contributed by atoms with Crippen molar-refractivity contribution in [3.8, 4) is 0 Å². The third kappa shape index (κ3) is 6.71. The molecule has 0 saturated carbocycles. The number of imide groups is 1. The summed E-state index contributed by atoms with van der Waals surface area (Å²) in [7, 11) is 0. The molecule has 0 atom stereocenters. The van der Waals surface area contributed by atoms with Gasteiger partial charge in [-0.15, -0.1) is 10.2 Å². The van der Waals surface area contributed by atoms with Crippen molar-refractivity contribution < 1.29 is 14.3 Å². The van der Waals surface area contributed by atoms with Crippen molar-refractivity contribution in [3.63, 3.8) is 0 Å². The van der Waals surface area contributed by atoms with Gasteiger partial charge in [0.1, 0.15) is 0 Å². The highest BCUT2D eigenvalue weighted by Gasteiger charge is 2.11. The van der Waals surface area contributed by atoms with E-state index in [1.54, 1.807) is 6.92 Å². The summed E-state index contributed by atoms with van der Waals surface area (Å²) in [6, 6.07) is 0. The Balaban J connectivity index is 2.27. The lowest BCUT2D eigenvalue weighted by atomic mass is 10.3. The maximum absolute atomic E-state index is 11.4. The van der Waals surface area contributed by atoms with Crippen molar-refractivity contribution in [3.05, 3.63) is 0 Å². The van der Waals surface area contributed by atoms with Crippen LogP contribution in [0.15, 0.2) is 4.34 Å². The van der Waals surface area contributed by atoms with Gasteiger partial charge in [0, 0.05) is 6.54 Å². The molecule has 2 N–H and O–H groups in total. The average molecular weight is 318 g/mol. The number of unbranched alkanes of at least 4 members (excludes halogenated alkanes) is 1. The lowest BCUT2D eigenvalue weighted by Crippen LogP contribution is -2.32. The first kappa shape index (κ1) is 16.7. The van der Waals surface area contributed by atoms with Crippen LogP contribution >= 0.6 is 23.1 Å². The van der Waals surface area contributed by atoms with Gasteiger partial charge < -0.3 is 10.1 Å². The first-order chi connectivity index (χ1) is 9.65. The van der Waals surface area contributed by atoms with Crippen molar-refractivity contribution in [2.75, 3.05) is 24.2 Å². The van der Waals surface area contributed by atoms with Gasteiger partial charge in [-0.1, -0.05) is 36.4 Å². The second kappa shape index (κ2) is 9.54. The molecule has 0 aromatic carbocycles. The topological polar surface area (TPSA) is 93.2 Å². The van der Waals surface area contributed by atoms with E-state index in [0.717, 1.165) is 24.5 Å². The number of carbonyl (C=O) groups excluding carboxylic acids is 2. The summed E-state index contributed by atoms with van der Waals surface area (Å²) in [5, 5.41) is 13.9. The van der Waals surface area contributed by atoms with Gasteiger partial charge in [-0.25, -0.2) is 4.79 Å². The Kier molecular flexibility index (Phi) is 7.97. The van der Waals surface area contributed by atoms with Crippen LogP contribution in [-0.4, -0.2) is 41.1 Å². The largest absolute Gasteiger partial charge is 0.450 e. The Hall–Kier alpha value is -1.35. The first-order valence-corrected chi connectivity index (χ1v) is 8.12. The summed E-state index contributed by atoms with van der Waals surface area (Å²) < 4.78 is 5.29. The quantitative estimate of drug-likeness (QED) is 0.560. The van der Waals surface area contributed by atoms with E-state index in [-0.39, 0.29) is 12.4 Å². The fourth-order valence-corrected chi connectivity index (χ4v) is 2.73. The molecule has 2 amide bonds. The first-order valence-electron chi connectivity index (χ1n) is 6.32. The van der Waals surface area contributed by atoms with Gasteiger partial charge in [0.2, 0.25) is 11.0 Å². The van der Waals surface area contributed by atoms with Crippen molar-refractivity contribution >= 4 is 40.2 Å². The van der Waals surface area contributed by atoms with Crippen LogP contribution in [0.4, 0.5) is 9.93 Å². The highest BCUT2D eigenvalue weighted by molar-refractivity contribution is 8.01. The lowest BCUT2D eigenvalue weighted by molar-refractivity contribution is -0.117. The highest BCUT2D eigenvalue weighted by Crippen LogP contribution is 2.25. The minimum absolute atomic E-state index is 0.0996. The molecule has 1 aromatic rings. The minimum atomic E-state index is -0.725. The van der Waals surface area contributed by atoms with E-state index in [4.69, 9.17) is 0 Å². The maximum Gasteiger partial charge on any atom is 0.413 e. The number of alkyl carbamates (subject to hydrolysis) is 1. The second-order valence-corrected chi connectivity index (χ2v) is 5.91. The normalized spacial score (nSPS) is 10.1. The number of hydrogen-bond acceptors (Lipinski definition) is 8. The van der Waals surface area contributed by atoms with Gasteiger partial charge in [-0.05, 0) is 13.3 Å². The van der Waals surface area contributed by atoms with Crippen molar-refractivity contribution in [1.82, 2.24) is 15.5 Å². The van der Waals surface area contributed by atoms with Crippen LogP contribution in [0.25, 0.3) is 0 Å². The van der Waals surface area contributed by atoms with E-state index in [2.05, 4.69) is 32.5 Å². The molecular weight excluding hydrogens is 300 g/mol. The van der Waals surface area contributed by atoms with Crippen LogP contribution in [0, 0.1) is 0 Å². The van der Waals surface area contributed by atoms with E-state index in [0.29, 0.717) is 4.34 Å². The van der Waals surface area contributed by atoms with Gasteiger partial charge in [0.25, 0.3) is 0 Å². The molecule has 1 aromatic heterocycles. The summed E-state index contributed by atoms with van der Waals surface area (Å²) in [5.74, 6) is -0.313. The Morgan fingerprint density at radius 1 is 1.35 bits per heavy atom. The fourth-order valence-electron chi connectivity index (χ4n) is 1.16. The number of nitrogens with zero attached hydrogens (tertiary/aromatic N) is 2. The third-order valence-electron chi connectivity index (χ3n) is 2.06. The predicted octanol–water partition coefficient (Wildman–Crippen LogP) is 2.11. The highest BCUT2D eigenvalue weighted by atomic mass is 32.2. The Labute approximate surface area is 125 Å². The molecule has 20 heavy (non-hydrogen) atoms. The molecule has 0 saturated heterocycles. The Bertz CT molecular complexity index is 439. The van der Waals surface area contributed by atoms with Crippen molar-refractivity contribution in [2.45, 2.75) is 31.0 Å². The molecule has 0 fully saturated rings. The molecule has 1 rings (SSSR count). The van der Waals surface area contributed by atoms with E-state index >= 15 is 0 Å². The van der Waals surface area contributed by atoms with E-state index in [1.165, 1.54) is 23.1 Å². The number of carbonyl (C=O) groups is 2. The van der Waals surface area contributed by atoms with Crippen LogP contribution < -0.4 is 10.6 Å². The van der Waals surface area contributed by atoms with Crippen LogP contribution in [0.1, 0.15) is 26.7 Å². The number of nitrogens with one attached hydrogen (secondary N) is 2. The minimum Gasteiger partial charge on any atom is -0.450 e. The number of amides is 2. The van der Waals surface area contributed by atoms with Gasteiger partial charge in [0.05, 0.1) is 12.4 Å². The number of rotatable bonds is 8. The molecule has 0 aliphatic rings. The van der Waals surface area contributed by atoms with Gasteiger partial charge in [-0.2, -0.15) is 0 Å². The maximum atomic E-state index is 11.4. The summed E-state index contributed by atoms with van der Waals surface area (Å²) in [6.07, 6.45) is 1.46. The molecule has 0 unspecified atom stereocenters. The van der Waals surface area contributed by atoms with Crippen LogP contribution in [0.2, 0.25) is 0 Å². The van der Waals surface area contributed by atoms with Crippen molar-refractivity contribution in [2.24, 2.45) is 0 Å². The monoisotopic (exact) mass is 318 g/mol.